The molecular weight excluding hydrogens is 240 g/mol. The molecule has 1 aliphatic heterocycles. The second-order valence-corrected chi connectivity index (χ2v) is 4.99. The van der Waals surface area contributed by atoms with Crippen molar-refractivity contribution in [1.82, 2.24) is 10.6 Å². The lowest BCUT2D eigenvalue weighted by Crippen LogP contribution is -2.51. The highest BCUT2D eigenvalue weighted by atomic mass is 16.2. The summed E-state index contributed by atoms with van der Waals surface area (Å²) in [6.07, 6.45) is 2.00. The zero-order valence-electron chi connectivity index (χ0n) is 11.4. The Morgan fingerprint density at radius 3 is 2.58 bits per heavy atom. The van der Waals surface area contributed by atoms with Crippen LogP contribution in [0.5, 0.6) is 0 Å². The van der Waals surface area contributed by atoms with Crippen LogP contribution in [0.4, 0.5) is 0 Å². The molecule has 1 aliphatic rings. The van der Waals surface area contributed by atoms with E-state index < -0.39 is 0 Å². The van der Waals surface area contributed by atoms with Crippen LogP contribution in [-0.4, -0.2) is 17.9 Å². The number of carbonyl (C=O) groups excluding carboxylic acids is 2. The smallest absolute Gasteiger partial charge is 0.243 e. The zero-order valence-corrected chi connectivity index (χ0v) is 11.4. The van der Waals surface area contributed by atoms with Gasteiger partial charge in [-0.3, -0.25) is 20.2 Å². The number of piperidine rings is 1. The Morgan fingerprint density at radius 2 is 2.00 bits per heavy atom. The first-order chi connectivity index (χ1) is 9.10. The number of rotatable bonds is 4. The SMILES string of the molecule is CCc1ccc(C(C)NC2CCC(=O)NC2=O)cc1. The third kappa shape index (κ3) is 3.41. The van der Waals surface area contributed by atoms with E-state index in [2.05, 4.69) is 41.8 Å². The number of benzene rings is 1. The molecule has 0 radical (unpaired) electrons. The Balaban J connectivity index is 1.98. The van der Waals surface area contributed by atoms with Gasteiger partial charge in [-0.1, -0.05) is 31.2 Å². The highest BCUT2D eigenvalue weighted by Gasteiger charge is 2.27. The Labute approximate surface area is 113 Å². The minimum absolute atomic E-state index is 0.0925. The van der Waals surface area contributed by atoms with Crippen LogP contribution in [0.15, 0.2) is 24.3 Å². The van der Waals surface area contributed by atoms with Crippen molar-refractivity contribution in [1.29, 1.82) is 0 Å². The Kier molecular flexibility index (Phi) is 4.32. The normalized spacial score (nSPS) is 21.1. The molecule has 1 aromatic rings. The van der Waals surface area contributed by atoms with E-state index >= 15 is 0 Å². The average molecular weight is 260 g/mol. The summed E-state index contributed by atoms with van der Waals surface area (Å²) in [4.78, 5) is 22.8. The topological polar surface area (TPSA) is 58.2 Å². The van der Waals surface area contributed by atoms with Gasteiger partial charge >= 0.3 is 0 Å². The van der Waals surface area contributed by atoms with E-state index in [9.17, 15) is 9.59 Å². The van der Waals surface area contributed by atoms with Gasteiger partial charge in [0, 0.05) is 12.5 Å². The average Bonchev–Trinajstić information content (AvgIpc) is 2.42. The van der Waals surface area contributed by atoms with Crippen molar-refractivity contribution in [2.75, 3.05) is 0 Å². The van der Waals surface area contributed by atoms with Crippen LogP contribution in [0.2, 0.25) is 0 Å². The van der Waals surface area contributed by atoms with E-state index in [1.165, 1.54) is 5.56 Å². The van der Waals surface area contributed by atoms with Crippen molar-refractivity contribution in [3.8, 4) is 0 Å². The molecule has 0 saturated carbocycles. The maximum atomic E-state index is 11.7. The van der Waals surface area contributed by atoms with Gasteiger partial charge in [0.1, 0.15) is 0 Å². The molecule has 2 amide bonds. The van der Waals surface area contributed by atoms with E-state index in [1.54, 1.807) is 0 Å². The molecule has 2 atom stereocenters. The maximum absolute atomic E-state index is 11.7. The van der Waals surface area contributed by atoms with Crippen molar-refractivity contribution in [2.24, 2.45) is 0 Å². The predicted molar refractivity (Wildman–Crippen MR) is 73.5 cm³/mol. The van der Waals surface area contributed by atoms with Gasteiger partial charge in [0.25, 0.3) is 0 Å². The van der Waals surface area contributed by atoms with Crippen LogP contribution in [0.3, 0.4) is 0 Å². The van der Waals surface area contributed by atoms with E-state index in [1.807, 2.05) is 6.92 Å². The first-order valence-electron chi connectivity index (χ1n) is 6.78. The van der Waals surface area contributed by atoms with Crippen LogP contribution < -0.4 is 10.6 Å². The van der Waals surface area contributed by atoms with Gasteiger partial charge in [-0.05, 0) is 30.9 Å². The highest BCUT2D eigenvalue weighted by molar-refractivity contribution is 6.00. The summed E-state index contributed by atoms with van der Waals surface area (Å²) in [5.74, 6) is -0.392. The van der Waals surface area contributed by atoms with Gasteiger partial charge in [0.05, 0.1) is 6.04 Å². The summed E-state index contributed by atoms with van der Waals surface area (Å²) >= 11 is 0. The van der Waals surface area contributed by atoms with Crippen LogP contribution in [0.25, 0.3) is 0 Å². The van der Waals surface area contributed by atoms with Gasteiger partial charge in [-0.25, -0.2) is 0 Å². The molecule has 2 rings (SSSR count). The third-order valence-electron chi connectivity index (χ3n) is 3.58. The predicted octanol–water partition coefficient (Wildman–Crippen LogP) is 1.70. The maximum Gasteiger partial charge on any atom is 0.243 e. The number of hydrogen-bond donors (Lipinski definition) is 2. The lowest BCUT2D eigenvalue weighted by Gasteiger charge is -2.25. The molecule has 0 spiro atoms. The number of aryl methyl sites for hydroxylation is 1. The summed E-state index contributed by atoms with van der Waals surface area (Å²) in [6.45, 7) is 4.16. The fraction of sp³-hybridized carbons (Fsp3) is 0.467. The molecule has 2 unspecified atom stereocenters. The second-order valence-electron chi connectivity index (χ2n) is 4.99. The number of hydrogen-bond acceptors (Lipinski definition) is 3. The standard InChI is InChI=1S/C15H20N2O2/c1-3-11-4-6-12(7-5-11)10(2)16-13-8-9-14(18)17-15(13)19/h4-7,10,13,16H,3,8-9H2,1-2H3,(H,17,18,19). The second kappa shape index (κ2) is 5.97. The quantitative estimate of drug-likeness (QED) is 0.810. The van der Waals surface area contributed by atoms with Gasteiger partial charge in [0.2, 0.25) is 11.8 Å². The van der Waals surface area contributed by atoms with E-state index in [0.717, 1.165) is 12.0 Å². The molecule has 0 aromatic heterocycles. The molecule has 1 aromatic carbocycles. The molecule has 0 bridgehead atoms. The molecule has 19 heavy (non-hydrogen) atoms. The summed E-state index contributed by atoms with van der Waals surface area (Å²) in [7, 11) is 0. The highest BCUT2D eigenvalue weighted by Crippen LogP contribution is 2.16. The summed E-state index contributed by atoms with van der Waals surface area (Å²) in [5.41, 5.74) is 2.46. The Hall–Kier alpha value is -1.68. The monoisotopic (exact) mass is 260 g/mol. The number of amides is 2. The minimum atomic E-state index is -0.279. The van der Waals surface area contributed by atoms with Gasteiger partial charge in [0.15, 0.2) is 0 Å². The molecule has 4 heteroatoms. The first kappa shape index (κ1) is 13.7. The molecule has 4 nitrogen and oxygen atoms in total. The molecule has 102 valence electrons. The Bertz CT molecular complexity index is 468. The van der Waals surface area contributed by atoms with Gasteiger partial charge < -0.3 is 0 Å². The minimum Gasteiger partial charge on any atom is -0.299 e. The van der Waals surface area contributed by atoms with E-state index in [4.69, 9.17) is 0 Å². The zero-order chi connectivity index (χ0) is 13.8. The van der Waals surface area contributed by atoms with Crippen molar-refractivity contribution < 1.29 is 9.59 Å². The van der Waals surface area contributed by atoms with Crippen molar-refractivity contribution >= 4 is 11.8 Å². The first-order valence-corrected chi connectivity index (χ1v) is 6.78. The van der Waals surface area contributed by atoms with Crippen LogP contribution >= 0.6 is 0 Å². The van der Waals surface area contributed by atoms with Crippen molar-refractivity contribution in [2.45, 2.75) is 45.2 Å². The van der Waals surface area contributed by atoms with Crippen LogP contribution in [0.1, 0.15) is 43.9 Å². The molecule has 2 N–H and O–H groups in total. The summed E-state index contributed by atoms with van der Waals surface area (Å²) < 4.78 is 0. The van der Waals surface area contributed by atoms with Crippen molar-refractivity contribution in [3.05, 3.63) is 35.4 Å². The summed E-state index contributed by atoms with van der Waals surface area (Å²) in [5, 5.41) is 5.64. The van der Waals surface area contributed by atoms with E-state index in [-0.39, 0.29) is 23.9 Å². The molecule has 0 aliphatic carbocycles. The number of imide groups is 1. The number of carbonyl (C=O) groups is 2. The largest absolute Gasteiger partial charge is 0.299 e. The fourth-order valence-corrected chi connectivity index (χ4v) is 2.29. The fourth-order valence-electron chi connectivity index (χ4n) is 2.29. The molecule has 1 saturated heterocycles. The van der Waals surface area contributed by atoms with Gasteiger partial charge in [-0.15, -0.1) is 0 Å². The Morgan fingerprint density at radius 1 is 1.32 bits per heavy atom. The molecular formula is C15H20N2O2. The lowest BCUT2D eigenvalue weighted by molar-refractivity contribution is -0.134. The summed E-state index contributed by atoms with van der Waals surface area (Å²) in [6, 6.07) is 8.20. The molecule has 1 fully saturated rings. The third-order valence-corrected chi connectivity index (χ3v) is 3.58. The van der Waals surface area contributed by atoms with Crippen LogP contribution in [-0.2, 0) is 16.0 Å². The van der Waals surface area contributed by atoms with Crippen molar-refractivity contribution in [3.63, 3.8) is 0 Å². The number of nitrogens with one attached hydrogen (secondary N) is 2. The van der Waals surface area contributed by atoms with Gasteiger partial charge in [-0.2, -0.15) is 0 Å². The van der Waals surface area contributed by atoms with Crippen LogP contribution in [0, 0.1) is 0 Å². The molecule has 1 heterocycles. The lowest BCUT2D eigenvalue weighted by atomic mass is 10.0. The van der Waals surface area contributed by atoms with E-state index in [0.29, 0.717) is 12.8 Å².